The second-order valence-corrected chi connectivity index (χ2v) is 3.51. The van der Waals surface area contributed by atoms with Crippen molar-refractivity contribution in [1.29, 1.82) is 5.26 Å². The Morgan fingerprint density at radius 1 is 1.58 bits per heavy atom. The highest BCUT2D eigenvalue weighted by Gasteiger charge is 2.18. The second kappa shape index (κ2) is 5.13. The van der Waals surface area contributed by atoms with Crippen molar-refractivity contribution in [3.8, 4) is 6.07 Å². The van der Waals surface area contributed by atoms with Gasteiger partial charge in [-0.2, -0.15) is 5.26 Å². The molecule has 0 aliphatic carbocycles. The summed E-state index contributed by atoms with van der Waals surface area (Å²) in [4.78, 5) is 0. The Kier molecular flexibility index (Phi) is 4.87. The van der Waals surface area contributed by atoms with E-state index in [2.05, 4.69) is 0 Å². The van der Waals surface area contributed by atoms with Crippen molar-refractivity contribution in [1.82, 2.24) is 0 Å². The van der Waals surface area contributed by atoms with Gasteiger partial charge in [0.1, 0.15) is 0 Å². The highest BCUT2D eigenvalue weighted by Crippen LogP contribution is 2.18. The van der Waals surface area contributed by atoms with Crippen molar-refractivity contribution >= 4 is 0 Å². The summed E-state index contributed by atoms with van der Waals surface area (Å²) < 4.78 is 5.19. The number of hydrogen-bond donors (Lipinski definition) is 1. The fraction of sp³-hybridized carbons (Fsp3) is 0.889. The average Bonchev–Trinajstić information content (AvgIpc) is 2.06. The molecular weight excluding hydrogens is 154 g/mol. The third kappa shape index (κ3) is 4.32. The lowest BCUT2D eigenvalue weighted by Gasteiger charge is -2.23. The Bertz CT molecular complexity index is 160. The van der Waals surface area contributed by atoms with Gasteiger partial charge < -0.3 is 9.84 Å². The lowest BCUT2D eigenvalue weighted by Crippen LogP contribution is -2.23. The van der Waals surface area contributed by atoms with Crippen LogP contribution in [0.15, 0.2) is 0 Å². The minimum atomic E-state index is -0.251. The van der Waals surface area contributed by atoms with Crippen LogP contribution in [-0.4, -0.2) is 24.4 Å². The summed E-state index contributed by atoms with van der Waals surface area (Å²) in [6.45, 7) is 3.88. The first-order chi connectivity index (χ1) is 5.55. The number of aliphatic hydroxyl groups excluding tert-OH is 1. The summed E-state index contributed by atoms with van der Waals surface area (Å²) in [6.07, 6.45) is 1.48. The van der Waals surface area contributed by atoms with Gasteiger partial charge in [-0.15, -0.1) is 0 Å². The number of hydrogen-bond acceptors (Lipinski definition) is 3. The molecule has 1 N–H and O–H groups in total. The Morgan fingerprint density at radius 2 is 2.17 bits per heavy atom. The van der Waals surface area contributed by atoms with E-state index in [0.717, 1.165) is 6.42 Å². The second-order valence-electron chi connectivity index (χ2n) is 3.51. The first-order valence-electron chi connectivity index (χ1n) is 4.11. The molecule has 0 spiro atoms. The smallest absolute Gasteiger partial charge is 0.0695 e. The van der Waals surface area contributed by atoms with Crippen LogP contribution >= 0.6 is 0 Å². The fourth-order valence-corrected chi connectivity index (χ4v) is 0.821. The van der Waals surface area contributed by atoms with Crippen LogP contribution in [0.25, 0.3) is 0 Å². The Hall–Kier alpha value is -0.590. The first kappa shape index (κ1) is 11.4. The molecule has 0 aliphatic rings. The molecule has 0 amide bonds. The minimum Gasteiger partial charge on any atom is -0.395 e. The van der Waals surface area contributed by atoms with Gasteiger partial charge in [-0.25, -0.2) is 0 Å². The average molecular weight is 171 g/mol. The molecule has 1 atom stereocenters. The summed E-state index contributed by atoms with van der Waals surface area (Å²) in [7, 11) is 1.65. The third-order valence-corrected chi connectivity index (χ3v) is 2.05. The highest BCUT2D eigenvalue weighted by molar-refractivity contribution is 4.84. The zero-order valence-corrected chi connectivity index (χ0v) is 8.00. The maximum Gasteiger partial charge on any atom is 0.0695 e. The molecule has 0 heterocycles. The third-order valence-electron chi connectivity index (χ3n) is 2.05. The zero-order valence-electron chi connectivity index (χ0n) is 8.00. The molecule has 70 valence electrons. The molecule has 0 saturated carbocycles. The molecule has 0 bridgehead atoms. The van der Waals surface area contributed by atoms with E-state index >= 15 is 0 Å². The van der Waals surface area contributed by atoms with Crippen LogP contribution in [0.2, 0.25) is 0 Å². The quantitative estimate of drug-likeness (QED) is 0.678. The van der Waals surface area contributed by atoms with Crippen LogP contribution < -0.4 is 0 Å². The zero-order chi connectivity index (χ0) is 9.61. The van der Waals surface area contributed by atoms with E-state index in [-0.39, 0.29) is 18.1 Å². The monoisotopic (exact) mass is 171 g/mol. The van der Waals surface area contributed by atoms with Crippen LogP contribution in [-0.2, 0) is 4.74 Å². The van der Waals surface area contributed by atoms with Gasteiger partial charge >= 0.3 is 0 Å². The van der Waals surface area contributed by atoms with Crippen molar-refractivity contribution < 1.29 is 9.84 Å². The summed E-state index contributed by atoms with van der Waals surface area (Å²) in [5.41, 5.74) is -0.190. The van der Waals surface area contributed by atoms with E-state index in [4.69, 9.17) is 15.1 Å². The number of aliphatic hydroxyl groups is 1. The highest BCUT2D eigenvalue weighted by atomic mass is 16.5. The van der Waals surface area contributed by atoms with Crippen molar-refractivity contribution in [2.75, 3.05) is 13.7 Å². The van der Waals surface area contributed by atoms with E-state index in [9.17, 15) is 0 Å². The maximum atomic E-state index is 8.73. The predicted molar refractivity (Wildman–Crippen MR) is 46.5 cm³/mol. The van der Waals surface area contributed by atoms with Gasteiger partial charge in [-0.1, -0.05) is 0 Å². The van der Waals surface area contributed by atoms with Gasteiger partial charge in [-0.05, 0) is 26.7 Å². The van der Waals surface area contributed by atoms with Gasteiger partial charge in [0.05, 0.1) is 24.2 Å². The summed E-state index contributed by atoms with van der Waals surface area (Å²) >= 11 is 0. The van der Waals surface area contributed by atoms with E-state index < -0.39 is 0 Å². The van der Waals surface area contributed by atoms with Gasteiger partial charge in [0.25, 0.3) is 0 Å². The molecule has 0 aromatic carbocycles. The molecule has 0 radical (unpaired) electrons. The molecule has 0 aromatic rings. The largest absolute Gasteiger partial charge is 0.395 e. The minimum absolute atomic E-state index is 0.0592. The van der Waals surface area contributed by atoms with Crippen LogP contribution in [0.5, 0.6) is 0 Å². The number of ether oxygens (including phenoxy) is 1. The number of nitrogens with zero attached hydrogens (tertiary/aromatic N) is 1. The van der Waals surface area contributed by atoms with Crippen molar-refractivity contribution in [2.45, 2.75) is 32.3 Å². The first-order valence-corrected chi connectivity index (χ1v) is 4.11. The van der Waals surface area contributed by atoms with E-state index in [0.29, 0.717) is 6.42 Å². The van der Waals surface area contributed by atoms with Crippen LogP contribution in [0.3, 0.4) is 0 Å². The number of rotatable bonds is 5. The summed E-state index contributed by atoms with van der Waals surface area (Å²) in [5.74, 6) is -0.251. The molecule has 12 heavy (non-hydrogen) atoms. The van der Waals surface area contributed by atoms with E-state index in [1.54, 1.807) is 7.11 Å². The Labute approximate surface area is 74.0 Å². The molecule has 1 unspecified atom stereocenters. The molecule has 0 saturated heterocycles. The molecule has 3 nitrogen and oxygen atoms in total. The Balaban J connectivity index is 3.75. The van der Waals surface area contributed by atoms with E-state index in [1.165, 1.54) is 0 Å². The molecule has 0 rings (SSSR count). The lowest BCUT2D eigenvalue weighted by molar-refractivity contribution is 0.0104. The Morgan fingerprint density at radius 3 is 2.50 bits per heavy atom. The van der Waals surface area contributed by atoms with E-state index in [1.807, 2.05) is 19.9 Å². The summed E-state index contributed by atoms with van der Waals surface area (Å²) in [5, 5.41) is 17.3. The molecule has 3 heteroatoms. The van der Waals surface area contributed by atoms with Gasteiger partial charge in [0, 0.05) is 7.11 Å². The van der Waals surface area contributed by atoms with Gasteiger partial charge in [0.15, 0.2) is 0 Å². The number of nitriles is 1. The lowest BCUT2D eigenvalue weighted by atomic mass is 9.96. The molecule has 0 aliphatic heterocycles. The molecular formula is C9H17NO2. The van der Waals surface area contributed by atoms with Crippen LogP contribution in [0.1, 0.15) is 26.7 Å². The van der Waals surface area contributed by atoms with Crippen LogP contribution in [0.4, 0.5) is 0 Å². The van der Waals surface area contributed by atoms with Crippen LogP contribution in [0, 0.1) is 17.2 Å². The van der Waals surface area contributed by atoms with Gasteiger partial charge in [-0.3, -0.25) is 0 Å². The SMILES string of the molecule is COC(C)(C)CCC(C#N)CO. The predicted octanol–water partition coefficient (Wildman–Crippen LogP) is 1.32. The van der Waals surface area contributed by atoms with Crippen molar-refractivity contribution in [2.24, 2.45) is 5.92 Å². The van der Waals surface area contributed by atoms with Gasteiger partial charge in [0.2, 0.25) is 0 Å². The van der Waals surface area contributed by atoms with Crippen molar-refractivity contribution in [3.05, 3.63) is 0 Å². The fourth-order valence-electron chi connectivity index (χ4n) is 0.821. The maximum absolute atomic E-state index is 8.73. The molecule has 0 aromatic heterocycles. The topological polar surface area (TPSA) is 53.2 Å². The molecule has 0 fully saturated rings. The van der Waals surface area contributed by atoms with Crippen molar-refractivity contribution in [3.63, 3.8) is 0 Å². The normalized spacial score (nSPS) is 13.9. The number of methoxy groups -OCH3 is 1. The summed E-state index contributed by atoms with van der Waals surface area (Å²) in [6, 6.07) is 2.04. The standard InChI is InChI=1S/C9H17NO2/c1-9(2,12-3)5-4-8(6-10)7-11/h8,11H,4-5,7H2,1-3H3.